The van der Waals surface area contributed by atoms with Crippen molar-refractivity contribution in [2.45, 2.75) is 76.9 Å². The molecule has 0 radical (unpaired) electrons. The van der Waals surface area contributed by atoms with Gasteiger partial charge in [-0.3, -0.25) is 48.4 Å². The molecule has 0 spiro atoms. The zero-order chi connectivity index (χ0) is 53.5. The molecular weight excluding hydrogens is 973 g/mol. The fraction of sp³-hybridized carbons (Fsp3) is 0.316. The van der Waals surface area contributed by atoms with E-state index in [0.29, 0.717) is 90.6 Å². The third-order valence-electron chi connectivity index (χ3n) is 13.6. The summed E-state index contributed by atoms with van der Waals surface area (Å²) in [6, 6.07) is 20.5. The van der Waals surface area contributed by atoms with Crippen molar-refractivity contribution in [2.24, 2.45) is 9.98 Å². The first-order chi connectivity index (χ1) is 36.8. The molecule has 4 aromatic carbocycles. The first kappa shape index (κ1) is 52.0. The number of imide groups is 1. The van der Waals surface area contributed by atoms with Crippen molar-refractivity contribution in [1.82, 2.24) is 25.3 Å². The normalized spacial score (nSPS) is 17.4. The fourth-order valence-corrected chi connectivity index (χ4v) is 9.41. The highest BCUT2D eigenvalue weighted by Gasteiger charge is 2.35. The lowest BCUT2D eigenvalue weighted by molar-refractivity contribution is -0.137. The maximum absolute atomic E-state index is 14.0. The molecule has 76 heavy (non-hydrogen) atoms. The monoisotopic (exact) mass is 1030 g/mol. The number of aryl methyl sites for hydroxylation is 1. The summed E-state index contributed by atoms with van der Waals surface area (Å²) in [5.41, 5.74) is 7.02. The maximum atomic E-state index is 14.0. The molecule has 7 amide bonds. The van der Waals surface area contributed by atoms with E-state index in [9.17, 15) is 33.6 Å². The van der Waals surface area contributed by atoms with Crippen molar-refractivity contribution in [3.63, 3.8) is 0 Å². The zero-order valence-corrected chi connectivity index (χ0v) is 42.6. The summed E-state index contributed by atoms with van der Waals surface area (Å²) in [4.78, 5) is 103. The molecule has 0 saturated heterocycles. The van der Waals surface area contributed by atoms with Crippen molar-refractivity contribution >= 4 is 82.0 Å². The summed E-state index contributed by atoms with van der Waals surface area (Å²) in [5, 5.41) is 7.93. The molecule has 0 saturated carbocycles. The zero-order valence-electron chi connectivity index (χ0n) is 42.6. The van der Waals surface area contributed by atoms with Crippen LogP contribution in [-0.2, 0) is 24.0 Å². The first-order valence-electron chi connectivity index (χ1n) is 25.2. The lowest BCUT2D eigenvalue weighted by Gasteiger charge is -2.19. The number of rotatable bonds is 21. The van der Waals surface area contributed by atoms with Crippen LogP contribution in [0.2, 0.25) is 0 Å². The van der Waals surface area contributed by atoms with Crippen molar-refractivity contribution in [3.8, 4) is 23.0 Å². The summed E-state index contributed by atoms with van der Waals surface area (Å²) in [6.07, 6.45) is 13.3. The number of nitrogens with zero attached hydrogens (tertiary/aromatic N) is 5. The minimum absolute atomic E-state index is 0.116. The summed E-state index contributed by atoms with van der Waals surface area (Å²) in [7, 11) is 3.14. The lowest BCUT2D eigenvalue weighted by atomic mass is 10.0. The number of carbonyl (C=O) groups excluding carboxylic acids is 7. The van der Waals surface area contributed by atoms with Gasteiger partial charge >= 0.3 is 0 Å². The molecule has 9 rings (SSSR count). The van der Waals surface area contributed by atoms with Gasteiger partial charge in [0.2, 0.25) is 17.7 Å². The van der Waals surface area contributed by atoms with Crippen LogP contribution in [0, 0.1) is 6.92 Å². The van der Waals surface area contributed by atoms with Crippen LogP contribution in [0.15, 0.2) is 107 Å². The number of methoxy groups -OCH3 is 2. The van der Waals surface area contributed by atoms with E-state index in [4.69, 9.17) is 28.9 Å². The second-order valence-electron chi connectivity index (χ2n) is 18.9. The molecule has 392 valence electrons. The van der Waals surface area contributed by atoms with E-state index in [-0.39, 0.29) is 67.7 Å². The molecule has 19 heteroatoms. The third-order valence-corrected chi connectivity index (χ3v) is 13.6. The Balaban J connectivity index is 0.718. The fourth-order valence-electron chi connectivity index (χ4n) is 9.41. The van der Waals surface area contributed by atoms with E-state index in [1.54, 1.807) is 47.4 Å². The molecular formula is C57H58N8O11. The van der Waals surface area contributed by atoms with Crippen molar-refractivity contribution in [2.75, 3.05) is 45.8 Å². The standard InChI is InChI=1S/C57H58N8O11/c1-34-23-44-46(58-29-41-25-39(33-64(41)56(44)71)37-12-16-43(73-3)17-13-37)27-48(34)75-21-8-22-76-50-28-47-45(26-49(50)74-4)57(72)65-32-38(24-42(65)30-59-47)36-10-14-40(15-11-36)62-55(70)35(2)61-52(67)31-60-51(66)9-6-5-7-20-63-53(68)18-19-54(63)69/h10-19,23,26-30,32-33,35,41-42H,5-9,20-22,24-25,31H2,1-4H3,(H,60,66)(H,61,67)(H,62,70). The lowest BCUT2D eigenvalue weighted by Crippen LogP contribution is -2.45. The molecule has 0 fully saturated rings. The van der Waals surface area contributed by atoms with Crippen molar-refractivity contribution in [3.05, 3.63) is 125 Å². The largest absolute Gasteiger partial charge is 0.497 e. The number of hydrogen-bond donors (Lipinski definition) is 3. The van der Waals surface area contributed by atoms with Gasteiger partial charge in [-0.05, 0) is 90.9 Å². The SMILES string of the molecule is COc1ccc(C2=CN3C(=O)c4cc(C)c(OCCCOc5cc6c(cc5OC)C(=O)N5C=C(c7ccc(NC(=O)C(C)NC(=O)CNC(=O)CCCCCN8C(=O)C=CC8=O)cc7)CC5C=N6)cc4N=CC3C2)cc1. The van der Waals surface area contributed by atoms with E-state index in [2.05, 4.69) is 16.0 Å². The van der Waals surface area contributed by atoms with Gasteiger partial charge < -0.3 is 44.7 Å². The number of nitrogens with one attached hydrogen (secondary N) is 3. The van der Waals surface area contributed by atoms with Crippen LogP contribution in [0.25, 0.3) is 11.1 Å². The third kappa shape index (κ3) is 11.7. The Morgan fingerprint density at radius 3 is 1.86 bits per heavy atom. The average Bonchev–Trinajstić information content (AvgIpc) is 4.12. The number of fused-ring (bicyclic) bond motifs is 4. The van der Waals surface area contributed by atoms with Crippen LogP contribution in [0.3, 0.4) is 0 Å². The molecule has 19 nitrogen and oxygen atoms in total. The van der Waals surface area contributed by atoms with E-state index < -0.39 is 17.9 Å². The molecule has 3 atom stereocenters. The average molecular weight is 1030 g/mol. The smallest absolute Gasteiger partial charge is 0.260 e. The van der Waals surface area contributed by atoms with Gasteiger partial charge in [-0.25, -0.2) is 0 Å². The highest BCUT2D eigenvalue weighted by Crippen LogP contribution is 2.41. The van der Waals surface area contributed by atoms with Gasteiger partial charge in [0.1, 0.15) is 17.5 Å². The Bertz CT molecular complexity index is 3110. The molecule has 0 aliphatic carbocycles. The van der Waals surface area contributed by atoms with Gasteiger partial charge in [0.15, 0.2) is 11.5 Å². The van der Waals surface area contributed by atoms with Gasteiger partial charge in [0, 0.05) is 87.0 Å². The number of anilines is 1. The molecule has 3 N–H and O–H groups in total. The summed E-state index contributed by atoms with van der Waals surface area (Å²) >= 11 is 0. The van der Waals surface area contributed by atoms with Crippen LogP contribution in [0.4, 0.5) is 17.1 Å². The topological polar surface area (TPSA) is 227 Å². The second-order valence-corrected chi connectivity index (χ2v) is 18.9. The minimum Gasteiger partial charge on any atom is -0.497 e. The number of ether oxygens (including phenoxy) is 4. The molecule has 3 unspecified atom stereocenters. The Hall–Kier alpha value is -8.87. The van der Waals surface area contributed by atoms with Crippen LogP contribution in [-0.4, -0.2) is 127 Å². The summed E-state index contributed by atoms with van der Waals surface area (Å²) in [6.45, 7) is 4.05. The van der Waals surface area contributed by atoms with Crippen LogP contribution >= 0.6 is 0 Å². The van der Waals surface area contributed by atoms with Gasteiger partial charge in [0.05, 0.1) is 68.6 Å². The van der Waals surface area contributed by atoms with Gasteiger partial charge in [-0.1, -0.05) is 30.7 Å². The van der Waals surface area contributed by atoms with E-state index in [1.165, 1.54) is 26.2 Å². The predicted molar refractivity (Wildman–Crippen MR) is 284 cm³/mol. The molecule has 5 heterocycles. The van der Waals surface area contributed by atoms with E-state index in [1.807, 2.05) is 74.1 Å². The Kier molecular flexibility index (Phi) is 15.8. The number of amides is 7. The summed E-state index contributed by atoms with van der Waals surface area (Å²) < 4.78 is 23.3. The maximum Gasteiger partial charge on any atom is 0.260 e. The number of carbonyl (C=O) groups is 7. The van der Waals surface area contributed by atoms with Gasteiger partial charge in [-0.15, -0.1) is 0 Å². The van der Waals surface area contributed by atoms with Crippen LogP contribution < -0.4 is 34.9 Å². The quantitative estimate of drug-likeness (QED) is 0.0578. The van der Waals surface area contributed by atoms with Crippen molar-refractivity contribution in [1.29, 1.82) is 0 Å². The van der Waals surface area contributed by atoms with E-state index in [0.717, 1.165) is 38.5 Å². The van der Waals surface area contributed by atoms with Gasteiger partial charge in [-0.2, -0.15) is 0 Å². The highest BCUT2D eigenvalue weighted by atomic mass is 16.5. The van der Waals surface area contributed by atoms with E-state index >= 15 is 0 Å². The summed E-state index contributed by atoms with van der Waals surface area (Å²) in [5.74, 6) is -0.127. The van der Waals surface area contributed by atoms with Crippen LogP contribution in [0.1, 0.15) is 89.3 Å². The minimum atomic E-state index is -0.895. The molecule has 5 aliphatic rings. The van der Waals surface area contributed by atoms with Gasteiger partial charge in [0.25, 0.3) is 23.6 Å². The Morgan fingerprint density at radius 2 is 1.25 bits per heavy atom. The Labute approximate surface area is 439 Å². The molecule has 0 bridgehead atoms. The second kappa shape index (κ2) is 23.1. The first-order valence-corrected chi connectivity index (χ1v) is 25.2. The highest BCUT2D eigenvalue weighted by molar-refractivity contribution is 6.13. The number of hydrogen-bond acceptors (Lipinski definition) is 13. The Morgan fingerprint density at radius 1 is 0.671 bits per heavy atom. The molecule has 5 aliphatic heterocycles. The molecule has 4 aromatic rings. The van der Waals surface area contributed by atoms with Crippen molar-refractivity contribution < 1.29 is 52.5 Å². The molecule has 0 aromatic heterocycles. The van der Waals surface area contributed by atoms with Crippen LogP contribution in [0.5, 0.6) is 23.0 Å². The number of aliphatic imine (C=N–C) groups is 2. The number of benzene rings is 4. The number of unbranched alkanes of at least 4 members (excludes halogenated alkanes) is 2. The predicted octanol–water partition coefficient (Wildman–Crippen LogP) is 6.85.